The molecule has 0 spiro atoms. The van der Waals surface area contributed by atoms with Crippen molar-refractivity contribution in [2.75, 3.05) is 17.4 Å². The Morgan fingerprint density at radius 2 is 1.59 bits per heavy atom. The van der Waals surface area contributed by atoms with Gasteiger partial charge in [-0.3, -0.25) is 19.2 Å². The minimum absolute atomic E-state index is 0.0621. The van der Waals surface area contributed by atoms with Gasteiger partial charge in [0.2, 0.25) is 17.7 Å². The summed E-state index contributed by atoms with van der Waals surface area (Å²) in [5.41, 5.74) is 1.68. The molecule has 0 radical (unpaired) electrons. The van der Waals surface area contributed by atoms with Crippen LogP contribution in [0.15, 0.2) is 54.6 Å². The molecule has 39 heavy (non-hydrogen) atoms. The normalized spacial score (nSPS) is 15.6. The molecule has 1 saturated heterocycles. The minimum Gasteiger partial charge on any atom is -0.354 e. The van der Waals surface area contributed by atoms with E-state index in [0.29, 0.717) is 12.1 Å². The third-order valence-electron chi connectivity index (χ3n) is 6.15. The van der Waals surface area contributed by atoms with E-state index in [4.69, 9.17) is 0 Å². The van der Waals surface area contributed by atoms with Gasteiger partial charge in [0.05, 0.1) is 5.69 Å². The van der Waals surface area contributed by atoms with Crippen LogP contribution < -0.4 is 25.0 Å². The van der Waals surface area contributed by atoms with Crippen LogP contribution in [0.4, 0.5) is 5.69 Å². The highest BCUT2D eigenvalue weighted by molar-refractivity contribution is 7.92. The van der Waals surface area contributed by atoms with Gasteiger partial charge in [-0.2, -0.15) is 8.42 Å². The Morgan fingerprint density at radius 1 is 0.923 bits per heavy atom. The Balaban J connectivity index is 1.81. The number of anilines is 1. The van der Waals surface area contributed by atoms with Crippen LogP contribution in [-0.4, -0.2) is 57.2 Å². The second-order valence-electron chi connectivity index (χ2n) is 9.41. The fraction of sp³-hybridized carbons (Fsp3) is 0.407. The number of carbonyl (C=O) groups excluding carboxylic acids is 4. The molecule has 2 aromatic rings. The second-order valence-corrected chi connectivity index (χ2v) is 11.0. The van der Waals surface area contributed by atoms with Gasteiger partial charge < -0.3 is 16.0 Å². The molecule has 3 rings (SSSR count). The van der Waals surface area contributed by atoms with E-state index in [9.17, 15) is 27.6 Å². The molecule has 0 unspecified atom stereocenters. The number of hydrogen-bond donors (Lipinski definition) is 4. The van der Waals surface area contributed by atoms with Crippen molar-refractivity contribution in [1.29, 1.82) is 0 Å². The molecule has 0 bridgehead atoms. The molecule has 0 aliphatic carbocycles. The highest BCUT2D eigenvalue weighted by Crippen LogP contribution is 2.22. The van der Waals surface area contributed by atoms with Gasteiger partial charge in [0.25, 0.3) is 5.91 Å². The van der Waals surface area contributed by atoms with Gasteiger partial charge in [0, 0.05) is 26.3 Å². The number of unbranched alkanes of at least 4 members (excludes halogenated alkanes) is 2. The lowest BCUT2D eigenvalue weighted by atomic mass is 10.0. The summed E-state index contributed by atoms with van der Waals surface area (Å²) >= 11 is 0. The van der Waals surface area contributed by atoms with Crippen molar-refractivity contribution >= 4 is 39.5 Å². The fourth-order valence-corrected chi connectivity index (χ4v) is 5.39. The number of nitrogens with zero attached hydrogens (tertiary/aromatic N) is 1. The van der Waals surface area contributed by atoms with Crippen molar-refractivity contribution in [3.8, 4) is 0 Å². The summed E-state index contributed by atoms with van der Waals surface area (Å²) in [6, 6.07) is 13.8. The Kier molecular flexibility index (Phi) is 10.4. The Morgan fingerprint density at radius 3 is 2.23 bits per heavy atom. The molecular formula is C27H35N5O6S. The zero-order chi connectivity index (χ0) is 28.4. The van der Waals surface area contributed by atoms with Crippen LogP contribution in [0.3, 0.4) is 0 Å². The number of rotatable bonds is 13. The van der Waals surface area contributed by atoms with Crippen LogP contribution in [0.2, 0.25) is 0 Å². The van der Waals surface area contributed by atoms with Gasteiger partial charge in [-0.05, 0) is 29.7 Å². The largest absolute Gasteiger partial charge is 0.354 e. The zero-order valence-electron chi connectivity index (χ0n) is 22.1. The first kappa shape index (κ1) is 29.6. The standard InChI is InChI=1S/C27H35N5O6S/c1-3-4-8-14-28-26(35)23(30-27(36)24(29-19(2)33)16-20-10-6-5-7-11-20)17-21-12-9-13-22(15-21)32-18-25(34)31-39(32,37)38/h5-7,9-13,15,23-24H,3-4,8,14,16-18H2,1-2H3,(H,28,35)(H,29,33)(H,30,36)(H,31,34)/t23-,24-/m0/s1. The van der Waals surface area contributed by atoms with Gasteiger partial charge in [0.15, 0.2) is 0 Å². The van der Waals surface area contributed by atoms with E-state index >= 15 is 0 Å². The van der Waals surface area contributed by atoms with E-state index in [-0.39, 0.29) is 31.0 Å². The van der Waals surface area contributed by atoms with Gasteiger partial charge in [0.1, 0.15) is 18.6 Å². The molecule has 210 valence electrons. The van der Waals surface area contributed by atoms with Gasteiger partial charge in [-0.15, -0.1) is 0 Å². The molecule has 1 aliphatic rings. The average molecular weight is 558 g/mol. The molecule has 4 N–H and O–H groups in total. The Hall–Kier alpha value is -3.93. The monoisotopic (exact) mass is 557 g/mol. The van der Waals surface area contributed by atoms with Gasteiger partial charge >= 0.3 is 10.2 Å². The van der Waals surface area contributed by atoms with E-state index in [0.717, 1.165) is 29.1 Å². The van der Waals surface area contributed by atoms with Crippen molar-refractivity contribution in [1.82, 2.24) is 20.7 Å². The van der Waals surface area contributed by atoms with Crippen molar-refractivity contribution in [3.05, 3.63) is 65.7 Å². The first-order valence-corrected chi connectivity index (χ1v) is 14.3. The zero-order valence-corrected chi connectivity index (χ0v) is 22.9. The summed E-state index contributed by atoms with van der Waals surface area (Å²) in [4.78, 5) is 50.0. The molecule has 1 fully saturated rings. The number of carbonyl (C=O) groups is 4. The highest BCUT2D eigenvalue weighted by Gasteiger charge is 2.34. The summed E-state index contributed by atoms with van der Waals surface area (Å²) in [7, 11) is -4.00. The first-order chi connectivity index (χ1) is 18.6. The molecule has 1 heterocycles. The van der Waals surface area contributed by atoms with Crippen LogP contribution in [-0.2, 0) is 42.2 Å². The Labute approximate surface area is 228 Å². The molecule has 1 aliphatic heterocycles. The topological polar surface area (TPSA) is 154 Å². The quantitative estimate of drug-likeness (QED) is 0.269. The van der Waals surface area contributed by atoms with E-state index in [1.165, 1.54) is 6.92 Å². The summed E-state index contributed by atoms with van der Waals surface area (Å²) in [5.74, 6) is -1.93. The van der Waals surface area contributed by atoms with Crippen LogP contribution in [0.1, 0.15) is 44.2 Å². The predicted octanol–water partition coefficient (Wildman–Crippen LogP) is 0.949. The maximum atomic E-state index is 13.3. The molecule has 2 aromatic carbocycles. The number of amides is 4. The van der Waals surface area contributed by atoms with Crippen LogP contribution >= 0.6 is 0 Å². The third kappa shape index (κ3) is 8.81. The Bertz CT molecular complexity index is 1280. The summed E-state index contributed by atoms with van der Waals surface area (Å²) in [5, 5.41) is 8.30. The van der Waals surface area contributed by atoms with Crippen LogP contribution in [0, 0.1) is 0 Å². The number of hydrogen-bond acceptors (Lipinski definition) is 6. The van der Waals surface area contributed by atoms with Crippen molar-refractivity contribution in [3.63, 3.8) is 0 Å². The van der Waals surface area contributed by atoms with Crippen molar-refractivity contribution in [2.24, 2.45) is 0 Å². The summed E-state index contributed by atoms with van der Waals surface area (Å²) in [6.45, 7) is 3.47. The van der Waals surface area contributed by atoms with Crippen molar-refractivity contribution < 1.29 is 27.6 Å². The summed E-state index contributed by atoms with van der Waals surface area (Å²) < 4.78 is 27.4. The summed E-state index contributed by atoms with van der Waals surface area (Å²) in [6.07, 6.45) is 3.01. The highest BCUT2D eigenvalue weighted by atomic mass is 32.2. The first-order valence-electron chi connectivity index (χ1n) is 12.9. The predicted molar refractivity (Wildman–Crippen MR) is 147 cm³/mol. The maximum absolute atomic E-state index is 13.3. The van der Waals surface area contributed by atoms with Crippen LogP contribution in [0.25, 0.3) is 0 Å². The number of benzene rings is 2. The van der Waals surface area contributed by atoms with E-state index < -0.39 is 40.0 Å². The van der Waals surface area contributed by atoms with E-state index in [1.54, 1.807) is 24.3 Å². The lowest BCUT2D eigenvalue weighted by Gasteiger charge is -2.24. The van der Waals surface area contributed by atoms with Gasteiger partial charge in [-0.1, -0.05) is 62.2 Å². The van der Waals surface area contributed by atoms with Crippen LogP contribution in [0.5, 0.6) is 0 Å². The molecule has 11 nitrogen and oxygen atoms in total. The molecule has 0 saturated carbocycles. The van der Waals surface area contributed by atoms with E-state index in [2.05, 4.69) is 22.9 Å². The smallest absolute Gasteiger partial charge is 0.326 e. The average Bonchev–Trinajstić information content (AvgIpc) is 3.17. The molecule has 2 atom stereocenters. The minimum atomic E-state index is -4.00. The third-order valence-corrected chi connectivity index (χ3v) is 7.55. The molecular weight excluding hydrogens is 522 g/mol. The SMILES string of the molecule is CCCCCNC(=O)[C@H](Cc1cccc(N2CC(=O)NS2(=O)=O)c1)NC(=O)[C@H](Cc1ccccc1)NC(C)=O. The van der Waals surface area contributed by atoms with E-state index in [1.807, 2.05) is 35.1 Å². The fourth-order valence-electron chi connectivity index (χ4n) is 4.25. The molecule has 4 amide bonds. The number of nitrogens with one attached hydrogen (secondary N) is 4. The lowest BCUT2D eigenvalue weighted by molar-refractivity contribution is -0.131. The lowest BCUT2D eigenvalue weighted by Crippen LogP contribution is -2.55. The molecule has 0 aromatic heterocycles. The second kappa shape index (κ2) is 13.7. The van der Waals surface area contributed by atoms with Crippen molar-refractivity contribution in [2.45, 2.75) is 58.0 Å². The van der Waals surface area contributed by atoms with Gasteiger partial charge in [-0.25, -0.2) is 9.03 Å². The maximum Gasteiger partial charge on any atom is 0.326 e. The molecule has 12 heteroatoms.